The van der Waals surface area contributed by atoms with E-state index in [1.807, 2.05) is 54.5 Å². The monoisotopic (exact) mass is 321 g/mol. The quantitative estimate of drug-likeness (QED) is 0.430. The average Bonchev–Trinajstić information content (AvgIpc) is 2.40. The summed E-state index contributed by atoms with van der Waals surface area (Å²) >= 11 is 0. The van der Waals surface area contributed by atoms with Crippen LogP contribution in [0.4, 0.5) is 0 Å². The van der Waals surface area contributed by atoms with Crippen LogP contribution in [0, 0.1) is 22.2 Å². The van der Waals surface area contributed by atoms with Gasteiger partial charge in [-0.15, -0.1) is 0 Å². The van der Waals surface area contributed by atoms with Crippen LogP contribution in [0.5, 0.6) is 0 Å². The first-order valence-corrected chi connectivity index (χ1v) is 7.80. The summed E-state index contributed by atoms with van der Waals surface area (Å²) in [6.07, 6.45) is 0.147. The summed E-state index contributed by atoms with van der Waals surface area (Å²) in [6.45, 7) is 21.6. The molecule has 1 N–H and O–H groups in total. The van der Waals surface area contributed by atoms with Gasteiger partial charge in [-0.2, -0.15) is 5.26 Å². The van der Waals surface area contributed by atoms with Gasteiger partial charge in [0.2, 0.25) is 0 Å². The molecule has 0 radical (unpaired) electrons. The van der Waals surface area contributed by atoms with E-state index in [0.717, 1.165) is 0 Å². The molecule has 0 fully saturated rings. The Morgan fingerprint density at radius 3 is 2.04 bits per heavy atom. The summed E-state index contributed by atoms with van der Waals surface area (Å²) in [5.41, 5.74) is 0.0898. The zero-order valence-electron chi connectivity index (χ0n) is 15.6. The number of hydrogen-bond donors (Lipinski definition) is 1. The molecule has 4 heteroatoms. The van der Waals surface area contributed by atoms with Crippen molar-refractivity contribution in [3.8, 4) is 6.07 Å². The highest BCUT2D eigenvalue weighted by Crippen LogP contribution is 2.32. The predicted molar refractivity (Wildman–Crippen MR) is 93.4 cm³/mol. The number of ether oxygens (including phenoxy) is 2. The fourth-order valence-electron chi connectivity index (χ4n) is 2.02. The molecule has 0 rings (SSSR count). The average molecular weight is 321 g/mol. The molecule has 0 saturated heterocycles. The number of aliphatic hydroxyl groups excluding tert-OH is 1. The van der Waals surface area contributed by atoms with Gasteiger partial charge >= 0.3 is 0 Å². The molecule has 0 aliphatic rings. The second kappa shape index (κ2) is 8.21. The number of hydrogen-bond acceptors (Lipinski definition) is 4. The molecule has 0 aromatic rings. The number of nitriles is 1. The zero-order chi connectivity index (χ0) is 18.4. The molecular weight excluding hydrogens is 290 g/mol. The molecule has 0 spiro atoms. The van der Waals surface area contributed by atoms with Crippen LogP contribution < -0.4 is 0 Å². The van der Waals surface area contributed by atoms with Crippen molar-refractivity contribution < 1.29 is 14.6 Å². The third-order valence-electron chi connectivity index (χ3n) is 3.33. The number of rotatable bonds is 7. The lowest BCUT2D eigenvalue weighted by atomic mass is 9.84. The van der Waals surface area contributed by atoms with Gasteiger partial charge in [-0.3, -0.25) is 0 Å². The summed E-state index contributed by atoms with van der Waals surface area (Å²) in [5.74, 6) is 0.366. The van der Waals surface area contributed by atoms with Gasteiger partial charge in [0.1, 0.15) is 11.9 Å². The zero-order valence-corrected chi connectivity index (χ0v) is 15.6. The molecule has 0 amide bonds. The second-order valence-corrected chi connectivity index (χ2v) is 7.72. The van der Waals surface area contributed by atoms with E-state index in [4.69, 9.17) is 14.7 Å². The van der Waals surface area contributed by atoms with Crippen LogP contribution >= 0.6 is 0 Å². The highest BCUT2D eigenvalue weighted by atomic mass is 16.5. The summed E-state index contributed by atoms with van der Waals surface area (Å²) < 4.78 is 11.3. The Morgan fingerprint density at radius 2 is 1.70 bits per heavy atom. The SMILES string of the molecule is C=C(OCC)/C(=C\OC(C(=C)C#N)C(C)(C)C)C(O)C(C)(C)C. The maximum absolute atomic E-state index is 10.6. The minimum Gasteiger partial charge on any atom is -0.494 e. The molecule has 0 aliphatic carbocycles. The Hall–Kier alpha value is -1.73. The van der Waals surface area contributed by atoms with Gasteiger partial charge in [0, 0.05) is 5.41 Å². The van der Waals surface area contributed by atoms with Gasteiger partial charge in [-0.25, -0.2) is 0 Å². The molecule has 0 aliphatic heterocycles. The fourth-order valence-corrected chi connectivity index (χ4v) is 2.02. The van der Waals surface area contributed by atoms with E-state index < -0.39 is 17.6 Å². The maximum atomic E-state index is 10.6. The lowest BCUT2D eigenvalue weighted by Crippen LogP contribution is -2.32. The Balaban J connectivity index is 5.63. The van der Waals surface area contributed by atoms with Crippen molar-refractivity contribution in [2.45, 2.75) is 60.7 Å². The first-order valence-electron chi connectivity index (χ1n) is 7.80. The van der Waals surface area contributed by atoms with E-state index in [2.05, 4.69) is 13.2 Å². The van der Waals surface area contributed by atoms with Crippen LogP contribution in [-0.4, -0.2) is 23.9 Å². The third-order valence-corrected chi connectivity index (χ3v) is 3.33. The van der Waals surface area contributed by atoms with Crippen molar-refractivity contribution in [2.75, 3.05) is 6.61 Å². The predicted octanol–water partition coefficient (Wildman–Crippen LogP) is 4.34. The molecule has 0 aromatic carbocycles. The highest BCUT2D eigenvalue weighted by molar-refractivity contribution is 5.29. The molecule has 0 bridgehead atoms. The second-order valence-electron chi connectivity index (χ2n) is 7.72. The van der Waals surface area contributed by atoms with Crippen LogP contribution in [0.2, 0.25) is 0 Å². The van der Waals surface area contributed by atoms with Gasteiger partial charge in [-0.05, 0) is 12.3 Å². The Labute approximate surface area is 141 Å². The van der Waals surface area contributed by atoms with E-state index in [0.29, 0.717) is 23.5 Å². The molecule has 0 heterocycles. The van der Waals surface area contributed by atoms with Crippen molar-refractivity contribution >= 4 is 0 Å². The van der Waals surface area contributed by atoms with Crippen molar-refractivity contribution in [3.05, 3.63) is 36.3 Å². The first kappa shape index (κ1) is 21.3. The summed E-state index contributed by atoms with van der Waals surface area (Å²) in [4.78, 5) is 0. The number of aliphatic hydroxyl groups is 1. The Morgan fingerprint density at radius 1 is 1.17 bits per heavy atom. The van der Waals surface area contributed by atoms with Gasteiger partial charge in [0.25, 0.3) is 0 Å². The van der Waals surface area contributed by atoms with E-state index in [-0.39, 0.29) is 5.41 Å². The Bertz CT molecular complexity index is 498. The van der Waals surface area contributed by atoms with Crippen LogP contribution in [0.25, 0.3) is 0 Å². The molecular formula is C19H31NO3. The first-order chi connectivity index (χ1) is 10.4. The normalized spacial score (nSPS) is 15.3. The lowest BCUT2D eigenvalue weighted by molar-refractivity contribution is 0.0580. The van der Waals surface area contributed by atoms with Crippen molar-refractivity contribution in [1.82, 2.24) is 0 Å². The van der Waals surface area contributed by atoms with Crippen LogP contribution in [0.1, 0.15) is 48.5 Å². The van der Waals surface area contributed by atoms with Crippen LogP contribution in [0.3, 0.4) is 0 Å². The molecule has 2 atom stereocenters. The van der Waals surface area contributed by atoms with Crippen molar-refractivity contribution in [3.63, 3.8) is 0 Å². The minimum absolute atomic E-state index is 0.311. The molecule has 4 nitrogen and oxygen atoms in total. The van der Waals surface area contributed by atoms with E-state index >= 15 is 0 Å². The summed E-state index contributed by atoms with van der Waals surface area (Å²) in [5, 5.41) is 19.7. The van der Waals surface area contributed by atoms with E-state index in [9.17, 15) is 5.11 Å². The van der Waals surface area contributed by atoms with Gasteiger partial charge in [-0.1, -0.05) is 54.7 Å². The minimum atomic E-state index is -0.808. The molecule has 130 valence electrons. The summed E-state index contributed by atoms with van der Waals surface area (Å²) in [7, 11) is 0. The molecule has 0 saturated carbocycles. The maximum Gasteiger partial charge on any atom is 0.137 e. The van der Waals surface area contributed by atoms with Crippen molar-refractivity contribution in [1.29, 1.82) is 5.26 Å². The van der Waals surface area contributed by atoms with E-state index in [1.165, 1.54) is 6.26 Å². The largest absolute Gasteiger partial charge is 0.494 e. The molecule has 2 unspecified atom stereocenters. The van der Waals surface area contributed by atoms with E-state index in [1.54, 1.807) is 0 Å². The fraction of sp³-hybridized carbons (Fsp3) is 0.632. The van der Waals surface area contributed by atoms with Gasteiger partial charge in [0.05, 0.1) is 36.2 Å². The third kappa shape index (κ3) is 6.50. The highest BCUT2D eigenvalue weighted by Gasteiger charge is 2.31. The lowest BCUT2D eigenvalue weighted by Gasteiger charge is -2.32. The van der Waals surface area contributed by atoms with Crippen molar-refractivity contribution in [2.24, 2.45) is 10.8 Å². The molecule has 23 heavy (non-hydrogen) atoms. The summed E-state index contributed by atoms with van der Waals surface area (Å²) in [6, 6.07) is 2.04. The van der Waals surface area contributed by atoms with Gasteiger partial charge in [0.15, 0.2) is 0 Å². The van der Waals surface area contributed by atoms with Gasteiger partial charge < -0.3 is 14.6 Å². The number of nitrogens with zero attached hydrogens (tertiary/aromatic N) is 1. The van der Waals surface area contributed by atoms with Crippen LogP contribution in [-0.2, 0) is 9.47 Å². The topological polar surface area (TPSA) is 62.5 Å². The smallest absolute Gasteiger partial charge is 0.137 e. The molecule has 0 aromatic heterocycles. The van der Waals surface area contributed by atoms with Crippen LogP contribution in [0.15, 0.2) is 36.3 Å². The standard InChI is InChI=1S/C19H31NO3/c1-10-22-14(3)15(16(21)18(4,5)6)12-23-17(13(2)11-20)19(7,8)9/h12,16-17,21H,2-3,10H2,1,4-9H3/b15-12+. The Kier molecular flexibility index (Phi) is 7.60.